The van der Waals surface area contributed by atoms with Gasteiger partial charge in [0.1, 0.15) is 17.4 Å². The van der Waals surface area contributed by atoms with Crippen LogP contribution in [0.1, 0.15) is 27.9 Å². The van der Waals surface area contributed by atoms with E-state index in [2.05, 4.69) is 4.74 Å². The van der Waals surface area contributed by atoms with Crippen molar-refractivity contribution >= 4 is 5.97 Å². The molecule has 0 atom stereocenters. The Hall–Kier alpha value is -2.30. The number of hydrogen-bond acceptors (Lipinski definition) is 3. The summed E-state index contributed by atoms with van der Waals surface area (Å²) in [6, 6.07) is 2.43. The largest absolute Gasteiger partial charge is 0.478 e. The number of nitriles is 1. The molecular formula is C10H5F4NO3. The van der Waals surface area contributed by atoms with Gasteiger partial charge < -0.3 is 9.84 Å². The number of alkyl halides is 4. The third kappa shape index (κ3) is 2.88. The molecule has 1 aromatic rings. The fourth-order valence-corrected chi connectivity index (χ4v) is 1.24. The molecule has 0 saturated carbocycles. The highest BCUT2D eigenvalue weighted by atomic mass is 19.3. The molecule has 0 spiro atoms. The van der Waals surface area contributed by atoms with Gasteiger partial charge in [-0.2, -0.15) is 14.0 Å². The number of halogens is 4. The Labute approximate surface area is 98.0 Å². The van der Waals surface area contributed by atoms with Crippen molar-refractivity contribution in [1.82, 2.24) is 0 Å². The van der Waals surface area contributed by atoms with Gasteiger partial charge in [0.05, 0.1) is 5.56 Å². The highest BCUT2D eigenvalue weighted by molar-refractivity contribution is 5.89. The molecule has 1 N–H and O–H groups in total. The zero-order valence-electron chi connectivity index (χ0n) is 8.53. The molecule has 96 valence electrons. The van der Waals surface area contributed by atoms with Crippen LogP contribution in [0, 0.1) is 11.3 Å². The minimum Gasteiger partial charge on any atom is -0.478 e. The first kappa shape index (κ1) is 13.8. The van der Waals surface area contributed by atoms with Crippen molar-refractivity contribution in [3.63, 3.8) is 0 Å². The van der Waals surface area contributed by atoms with Gasteiger partial charge in [0, 0.05) is 5.56 Å². The van der Waals surface area contributed by atoms with Crippen molar-refractivity contribution in [2.24, 2.45) is 0 Å². The number of carboxylic acids is 1. The second-order valence-electron chi connectivity index (χ2n) is 3.03. The number of carbonyl (C=O) groups is 1. The van der Waals surface area contributed by atoms with Crippen LogP contribution in [0.2, 0.25) is 0 Å². The number of benzene rings is 1. The molecule has 0 aliphatic rings. The summed E-state index contributed by atoms with van der Waals surface area (Å²) in [6.07, 6.45) is -3.18. The predicted octanol–water partition coefficient (Wildman–Crippen LogP) is 2.80. The summed E-state index contributed by atoms with van der Waals surface area (Å²) in [6.45, 7) is -3.35. The average Bonchev–Trinajstić information content (AvgIpc) is 2.26. The topological polar surface area (TPSA) is 70.3 Å². The lowest BCUT2D eigenvalue weighted by molar-refractivity contribution is -0.0503. The van der Waals surface area contributed by atoms with Crippen LogP contribution < -0.4 is 4.74 Å². The Balaban J connectivity index is 3.47. The van der Waals surface area contributed by atoms with Crippen LogP contribution in [0.15, 0.2) is 12.1 Å². The van der Waals surface area contributed by atoms with Crippen molar-refractivity contribution < 1.29 is 32.2 Å². The molecule has 0 fully saturated rings. The summed E-state index contributed by atoms with van der Waals surface area (Å²) in [5.74, 6) is -2.48. The third-order valence-corrected chi connectivity index (χ3v) is 1.94. The Bertz CT molecular complexity index is 511. The van der Waals surface area contributed by atoms with Gasteiger partial charge in [-0.1, -0.05) is 0 Å². The fourth-order valence-electron chi connectivity index (χ4n) is 1.24. The first-order valence-corrected chi connectivity index (χ1v) is 4.41. The molecular weight excluding hydrogens is 258 g/mol. The van der Waals surface area contributed by atoms with Crippen molar-refractivity contribution in [3.05, 3.63) is 28.8 Å². The Morgan fingerprint density at radius 1 is 1.33 bits per heavy atom. The van der Waals surface area contributed by atoms with Gasteiger partial charge in [-0.05, 0) is 12.1 Å². The molecule has 0 aromatic heterocycles. The second-order valence-corrected chi connectivity index (χ2v) is 3.03. The van der Waals surface area contributed by atoms with Gasteiger partial charge in [-0.3, -0.25) is 0 Å². The number of aromatic carboxylic acids is 1. The van der Waals surface area contributed by atoms with Gasteiger partial charge in [-0.15, -0.1) is 0 Å². The lowest BCUT2D eigenvalue weighted by atomic mass is 10.0. The van der Waals surface area contributed by atoms with E-state index < -0.39 is 41.4 Å². The molecule has 0 aliphatic heterocycles. The lowest BCUT2D eigenvalue weighted by Gasteiger charge is -2.11. The predicted molar refractivity (Wildman–Crippen MR) is 49.7 cm³/mol. The minimum absolute atomic E-state index is 0.546. The maximum Gasteiger partial charge on any atom is 0.387 e. The summed E-state index contributed by atoms with van der Waals surface area (Å²) in [5.41, 5.74) is -2.44. The van der Waals surface area contributed by atoms with E-state index in [1.54, 1.807) is 0 Å². The number of carboxylic acid groups (broad SMARTS) is 1. The Morgan fingerprint density at radius 3 is 2.33 bits per heavy atom. The van der Waals surface area contributed by atoms with Crippen molar-refractivity contribution in [1.29, 1.82) is 5.26 Å². The van der Waals surface area contributed by atoms with E-state index in [1.807, 2.05) is 0 Å². The number of ether oxygens (including phenoxy) is 1. The quantitative estimate of drug-likeness (QED) is 0.848. The lowest BCUT2D eigenvalue weighted by Crippen LogP contribution is -2.08. The van der Waals surface area contributed by atoms with E-state index in [1.165, 1.54) is 6.07 Å². The van der Waals surface area contributed by atoms with Gasteiger partial charge >= 0.3 is 12.6 Å². The number of nitrogens with zero attached hydrogens (tertiary/aromatic N) is 1. The number of hydrogen-bond donors (Lipinski definition) is 1. The molecule has 1 aromatic carbocycles. The smallest absolute Gasteiger partial charge is 0.387 e. The van der Waals surface area contributed by atoms with Crippen molar-refractivity contribution in [2.75, 3.05) is 0 Å². The highest BCUT2D eigenvalue weighted by Gasteiger charge is 2.22. The first-order valence-electron chi connectivity index (χ1n) is 4.41. The number of rotatable bonds is 4. The van der Waals surface area contributed by atoms with E-state index >= 15 is 0 Å². The monoisotopic (exact) mass is 263 g/mol. The van der Waals surface area contributed by atoms with E-state index in [0.717, 1.165) is 0 Å². The van der Waals surface area contributed by atoms with Gasteiger partial charge in [0.15, 0.2) is 0 Å². The van der Waals surface area contributed by atoms with E-state index in [0.29, 0.717) is 12.1 Å². The molecule has 1 rings (SSSR count). The summed E-state index contributed by atoms with van der Waals surface area (Å²) >= 11 is 0. The van der Waals surface area contributed by atoms with Crippen LogP contribution in [-0.2, 0) is 0 Å². The molecule has 18 heavy (non-hydrogen) atoms. The molecule has 0 amide bonds. The van der Waals surface area contributed by atoms with Crippen molar-refractivity contribution in [2.45, 2.75) is 13.0 Å². The van der Waals surface area contributed by atoms with Crippen LogP contribution in [-0.4, -0.2) is 17.7 Å². The standard InChI is InChI=1S/C10H5F4NO3/c11-8(12)5-1-4(9(16)17)2-7(6(5)3-15)18-10(13)14/h1-2,8,10H,(H,16,17). The molecule has 0 aliphatic carbocycles. The average molecular weight is 263 g/mol. The van der Waals surface area contributed by atoms with Crippen LogP contribution in [0.25, 0.3) is 0 Å². The summed E-state index contributed by atoms with van der Waals surface area (Å²) < 4.78 is 53.1. The molecule has 8 heteroatoms. The van der Waals surface area contributed by atoms with Crippen LogP contribution in [0.4, 0.5) is 17.6 Å². The molecule has 0 bridgehead atoms. The zero-order chi connectivity index (χ0) is 13.9. The maximum absolute atomic E-state index is 12.6. The third-order valence-electron chi connectivity index (χ3n) is 1.94. The molecule has 4 nitrogen and oxygen atoms in total. The first-order chi connectivity index (χ1) is 8.36. The summed E-state index contributed by atoms with van der Waals surface area (Å²) in [5, 5.41) is 17.3. The van der Waals surface area contributed by atoms with E-state index in [-0.39, 0.29) is 0 Å². The Morgan fingerprint density at radius 2 is 1.94 bits per heavy atom. The van der Waals surface area contributed by atoms with E-state index in [4.69, 9.17) is 10.4 Å². The van der Waals surface area contributed by atoms with Gasteiger partial charge in [-0.25, -0.2) is 13.6 Å². The van der Waals surface area contributed by atoms with Crippen LogP contribution in [0.5, 0.6) is 5.75 Å². The second kappa shape index (κ2) is 5.35. The molecule has 0 unspecified atom stereocenters. The zero-order valence-corrected chi connectivity index (χ0v) is 8.53. The normalized spacial score (nSPS) is 10.5. The van der Waals surface area contributed by atoms with Gasteiger partial charge in [0.2, 0.25) is 0 Å². The van der Waals surface area contributed by atoms with Crippen LogP contribution in [0.3, 0.4) is 0 Å². The van der Waals surface area contributed by atoms with Gasteiger partial charge in [0.25, 0.3) is 6.43 Å². The molecule has 0 heterocycles. The van der Waals surface area contributed by atoms with Crippen LogP contribution >= 0.6 is 0 Å². The minimum atomic E-state index is -3.35. The highest BCUT2D eigenvalue weighted by Crippen LogP contribution is 2.32. The maximum atomic E-state index is 12.6. The van der Waals surface area contributed by atoms with E-state index in [9.17, 15) is 22.4 Å². The summed E-state index contributed by atoms with van der Waals surface area (Å²) in [4.78, 5) is 10.6. The SMILES string of the molecule is N#Cc1c(OC(F)F)cc(C(=O)O)cc1C(F)F. The van der Waals surface area contributed by atoms with Crippen molar-refractivity contribution in [3.8, 4) is 11.8 Å². The Kier molecular flexibility index (Phi) is 4.09. The molecule has 0 radical (unpaired) electrons. The fraction of sp³-hybridized carbons (Fsp3) is 0.200. The summed E-state index contributed by atoms with van der Waals surface area (Å²) in [7, 11) is 0. The molecule has 0 saturated heterocycles.